The lowest BCUT2D eigenvalue weighted by molar-refractivity contribution is 0.499. The molecule has 0 nitrogen and oxygen atoms in total. The van der Waals surface area contributed by atoms with Crippen LogP contribution in [0.4, 0.5) is 0 Å². The van der Waals surface area contributed by atoms with Crippen LogP contribution in [-0.4, -0.2) is 0 Å². The summed E-state index contributed by atoms with van der Waals surface area (Å²) in [5.41, 5.74) is 0. The third kappa shape index (κ3) is 9.47. The lowest BCUT2D eigenvalue weighted by atomic mass is 10.00. The third-order valence-corrected chi connectivity index (χ3v) is 2.30. The van der Waals surface area contributed by atoms with Gasteiger partial charge < -0.3 is 0 Å². The molecule has 0 heteroatoms. The highest BCUT2D eigenvalue weighted by atomic mass is 14.0. The van der Waals surface area contributed by atoms with E-state index in [0.29, 0.717) is 0 Å². The molecule has 1 atom stereocenters. The van der Waals surface area contributed by atoms with Crippen molar-refractivity contribution in [3.63, 3.8) is 0 Å². The summed E-state index contributed by atoms with van der Waals surface area (Å²) in [6.45, 7) is 6.69. The fraction of sp³-hybridized carbons (Fsp3) is 0.846. The first-order valence-corrected chi connectivity index (χ1v) is 5.77. The van der Waals surface area contributed by atoms with Crippen LogP contribution in [0.1, 0.15) is 65.7 Å². The van der Waals surface area contributed by atoms with Gasteiger partial charge in [-0.3, -0.25) is 0 Å². The lowest BCUT2D eigenvalue weighted by Gasteiger charge is -2.06. The van der Waals surface area contributed by atoms with Gasteiger partial charge in [0.05, 0.1) is 0 Å². The van der Waals surface area contributed by atoms with Crippen molar-refractivity contribution in [1.29, 1.82) is 0 Å². The molecule has 0 saturated carbocycles. The maximum absolute atomic E-state index is 3.23. The molecule has 1 unspecified atom stereocenters. The number of rotatable bonds is 6. The quantitative estimate of drug-likeness (QED) is 0.420. The van der Waals surface area contributed by atoms with Crippen molar-refractivity contribution in [3.8, 4) is 11.8 Å². The van der Waals surface area contributed by atoms with E-state index in [4.69, 9.17) is 0 Å². The summed E-state index contributed by atoms with van der Waals surface area (Å²) in [5.74, 6) is 7.16. The Hall–Kier alpha value is -0.440. The lowest BCUT2D eigenvalue weighted by Crippen LogP contribution is -1.92. The second-order valence-corrected chi connectivity index (χ2v) is 3.87. The SMILES string of the molecule is CCC#CCC(C)CCCCCC. The van der Waals surface area contributed by atoms with E-state index in [9.17, 15) is 0 Å². The van der Waals surface area contributed by atoms with Crippen LogP contribution in [0.25, 0.3) is 0 Å². The average Bonchev–Trinajstić information content (AvgIpc) is 2.13. The monoisotopic (exact) mass is 180 g/mol. The minimum absolute atomic E-state index is 0.802. The molecule has 0 bridgehead atoms. The molecule has 0 spiro atoms. The Kier molecular flexibility index (Phi) is 9.32. The van der Waals surface area contributed by atoms with Crippen LogP contribution in [-0.2, 0) is 0 Å². The van der Waals surface area contributed by atoms with Gasteiger partial charge in [0.15, 0.2) is 0 Å². The van der Waals surface area contributed by atoms with Crippen molar-refractivity contribution in [3.05, 3.63) is 0 Å². The van der Waals surface area contributed by atoms with Gasteiger partial charge in [0.25, 0.3) is 0 Å². The summed E-state index contributed by atoms with van der Waals surface area (Å²) < 4.78 is 0. The third-order valence-electron chi connectivity index (χ3n) is 2.30. The summed E-state index contributed by atoms with van der Waals surface area (Å²) in [5, 5.41) is 0. The van der Waals surface area contributed by atoms with Gasteiger partial charge in [0.2, 0.25) is 0 Å². The van der Waals surface area contributed by atoms with Crippen molar-refractivity contribution in [2.75, 3.05) is 0 Å². The van der Waals surface area contributed by atoms with E-state index in [2.05, 4.69) is 32.6 Å². The van der Waals surface area contributed by atoms with E-state index >= 15 is 0 Å². The van der Waals surface area contributed by atoms with Gasteiger partial charge in [0, 0.05) is 12.8 Å². The summed E-state index contributed by atoms with van der Waals surface area (Å²) in [6.07, 6.45) is 8.99. The smallest absolute Gasteiger partial charge is 0.0114 e. The molecule has 76 valence electrons. The molecule has 0 aliphatic carbocycles. The highest BCUT2D eigenvalue weighted by Crippen LogP contribution is 2.12. The first-order valence-electron chi connectivity index (χ1n) is 5.77. The molecule has 0 aromatic heterocycles. The van der Waals surface area contributed by atoms with Crippen LogP contribution in [0, 0.1) is 17.8 Å². The predicted molar refractivity (Wildman–Crippen MR) is 60.6 cm³/mol. The summed E-state index contributed by atoms with van der Waals surface area (Å²) in [7, 11) is 0. The molecule has 13 heavy (non-hydrogen) atoms. The van der Waals surface area contributed by atoms with Crippen LogP contribution >= 0.6 is 0 Å². The second-order valence-electron chi connectivity index (χ2n) is 3.87. The van der Waals surface area contributed by atoms with Gasteiger partial charge in [-0.15, -0.1) is 11.8 Å². The van der Waals surface area contributed by atoms with E-state index in [1.165, 1.54) is 32.1 Å². The van der Waals surface area contributed by atoms with Gasteiger partial charge in [-0.2, -0.15) is 0 Å². The van der Waals surface area contributed by atoms with E-state index in [1.54, 1.807) is 0 Å². The molecule has 0 aromatic rings. The summed E-state index contributed by atoms with van der Waals surface area (Å²) >= 11 is 0. The molecule has 0 aliphatic rings. The van der Waals surface area contributed by atoms with Crippen LogP contribution < -0.4 is 0 Å². The van der Waals surface area contributed by atoms with Crippen molar-refractivity contribution in [1.82, 2.24) is 0 Å². The van der Waals surface area contributed by atoms with Crippen LogP contribution in [0.5, 0.6) is 0 Å². The number of hydrogen-bond donors (Lipinski definition) is 0. The van der Waals surface area contributed by atoms with Crippen molar-refractivity contribution < 1.29 is 0 Å². The zero-order valence-electron chi connectivity index (χ0n) is 9.53. The van der Waals surface area contributed by atoms with Crippen LogP contribution in [0.2, 0.25) is 0 Å². The molecule has 0 aliphatic heterocycles. The molecule has 0 aromatic carbocycles. The van der Waals surface area contributed by atoms with E-state index in [1.807, 2.05) is 0 Å². The Balaban J connectivity index is 3.24. The Morgan fingerprint density at radius 3 is 2.38 bits per heavy atom. The normalized spacial score (nSPS) is 11.9. The molecule has 0 radical (unpaired) electrons. The minimum atomic E-state index is 0.802. The number of unbranched alkanes of at least 4 members (excludes halogenated alkanes) is 3. The largest absolute Gasteiger partial charge is 0.104 e. The maximum Gasteiger partial charge on any atom is 0.0114 e. The van der Waals surface area contributed by atoms with Gasteiger partial charge >= 0.3 is 0 Å². The molecular formula is C13H24. The number of hydrogen-bond acceptors (Lipinski definition) is 0. The summed E-state index contributed by atoms with van der Waals surface area (Å²) in [6, 6.07) is 0. The molecule has 0 N–H and O–H groups in total. The van der Waals surface area contributed by atoms with Gasteiger partial charge in [-0.1, -0.05) is 46.5 Å². The molecule has 0 fully saturated rings. The highest BCUT2D eigenvalue weighted by Gasteiger charge is 1.98. The fourth-order valence-corrected chi connectivity index (χ4v) is 1.39. The predicted octanol–water partition coefficient (Wildman–Crippen LogP) is 4.40. The van der Waals surface area contributed by atoms with Crippen LogP contribution in [0.15, 0.2) is 0 Å². The van der Waals surface area contributed by atoms with Gasteiger partial charge in [0.1, 0.15) is 0 Å². The molecular weight excluding hydrogens is 156 g/mol. The standard InChI is InChI=1S/C13H24/c1-4-6-8-10-12-13(3)11-9-7-5-2/h13H,4-6,8,10-12H2,1-3H3. The summed E-state index contributed by atoms with van der Waals surface area (Å²) in [4.78, 5) is 0. The topological polar surface area (TPSA) is 0 Å². The van der Waals surface area contributed by atoms with Gasteiger partial charge in [-0.25, -0.2) is 0 Å². The van der Waals surface area contributed by atoms with E-state index < -0.39 is 0 Å². The van der Waals surface area contributed by atoms with E-state index in [-0.39, 0.29) is 0 Å². The highest BCUT2D eigenvalue weighted by molar-refractivity contribution is 4.98. The molecule has 0 heterocycles. The Morgan fingerprint density at radius 1 is 1.00 bits per heavy atom. The van der Waals surface area contributed by atoms with Crippen molar-refractivity contribution in [2.45, 2.75) is 65.7 Å². The fourth-order valence-electron chi connectivity index (χ4n) is 1.39. The molecule has 0 rings (SSSR count). The Morgan fingerprint density at radius 2 is 1.77 bits per heavy atom. The van der Waals surface area contributed by atoms with Crippen LogP contribution in [0.3, 0.4) is 0 Å². The average molecular weight is 180 g/mol. The van der Waals surface area contributed by atoms with E-state index in [0.717, 1.165) is 18.8 Å². The second kappa shape index (κ2) is 9.65. The van der Waals surface area contributed by atoms with Crippen molar-refractivity contribution >= 4 is 0 Å². The maximum atomic E-state index is 3.23. The zero-order chi connectivity index (χ0) is 9.94. The van der Waals surface area contributed by atoms with Gasteiger partial charge in [-0.05, 0) is 12.3 Å². The first-order chi connectivity index (χ1) is 6.31. The first kappa shape index (κ1) is 12.6. The van der Waals surface area contributed by atoms with Crippen molar-refractivity contribution in [2.24, 2.45) is 5.92 Å². The zero-order valence-corrected chi connectivity index (χ0v) is 9.53. The molecule has 0 amide bonds. The molecule has 0 saturated heterocycles. The Bertz CT molecular complexity index is 147. The minimum Gasteiger partial charge on any atom is -0.104 e. The Labute approximate surface area is 84.1 Å².